The highest BCUT2D eigenvalue weighted by molar-refractivity contribution is 5.97. The fourth-order valence-corrected chi connectivity index (χ4v) is 6.89. The second-order valence-electron chi connectivity index (χ2n) is 11.9. The van der Waals surface area contributed by atoms with E-state index in [1.807, 2.05) is 24.3 Å². The average Bonchev–Trinajstić information content (AvgIpc) is 3.43. The van der Waals surface area contributed by atoms with Gasteiger partial charge in [-0.15, -0.1) is 0 Å². The van der Waals surface area contributed by atoms with E-state index >= 15 is 0 Å². The van der Waals surface area contributed by atoms with Crippen molar-refractivity contribution in [3.8, 4) is 0 Å². The molecule has 3 heterocycles. The van der Waals surface area contributed by atoms with Gasteiger partial charge in [0.15, 0.2) is 0 Å². The number of nitrogens with zero attached hydrogens (tertiary/aromatic N) is 1. The van der Waals surface area contributed by atoms with E-state index < -0.39 is 34.4 Å². The van der Waals surface area contributed by atoms with Crippen molar-refractivity contribution in [3.63, 3.8) is 0 Å². The Morgan fingerprint density at radius 3 is 2.54 bits per heavy atom. The maximum atomic E-state index is 14.2. The fraction of sp³-hybridized carbons (Fsp3) is 0.387. The van der Waals surface area contributed by atoms with Crippen LogP contribution >= 0.6 is 0 Å². The lowest BCUT2D eigenvalue weighted by Gasteiger charge is -2.47. The number of anilines is 1. The molecule has 0 aromatic heterocycles. The second-order valence-corrected chi connectivity index (χ2v) is 11.9. The number of allylic oxidation sites excluding steroid dienone is 1. The Hall–Kier alpha value is -4.05. The molecule has 0 bridgehead atoms. The van der Waals surface area contributed by atoms with Gasteiger partial charge in [0.05, 0.1) is 16.9 Å². The molecule has 2 aromatic rings. The number of dihydropyridines is 1. The van der Waals surface area contributed by atoms with E-state index in [0.29, 0.717) is 37.1 Å². The minimum Gasteiger partial charge on any atom is -0.368 e. The molecule has 0 radical (unpaired) electrons. The third-order valence-corrected chi connectivity index (χ3v) is 9.06. The van der Waals surface area contributed by atoms with Gasteiger partial charge in [-0.05, 0) is 81.1 Å². The van der Waals surface area contributed by atoms with Crippen LogP contribution in [-0.4, -0.2) is 48.8 Å². The van der Waals surface area contributed by atoms with Crippen molar-refractivity contribution in [1.82, 2.24) is 20.9 Å². The molecule has 10 heteroatoms. The molecule has 6 rings (SSSR count). The number of halogens is 2. The predicted molar refractivity (Wildman–Crippen MR) is 149 cm³/mol. The summed E-state index contributed by atoms with van der Waals surface area (Å²) in [7, 11) is 1.75. The van der Waals surface area contributed by atoms with Crippen molar-refractivity contribution in [2.24, 2.45) is 10.8 Å². The van der Waals surface area contributed by atoms with E-state index in [1.165, 1.54) is 17.0 Å². The zero-order chi connectivity index (χ0) is 29.1. The van der Waals surface area contributed by atoms with Gasteiger partial charge in [-0.3, -0.25) is 14.4 Å². The molecule has 4 aliphatic rings. The van der Waals surface area contributed by atoms with Crippen molar-refractivity contribution in [2.75, 3.05) is 25.5 Å². The highest BCUT2D eigenvalue weighted by Crippen LogP contribution is 2.48. The fourth-order valence-electron chi connectivity index (χ4n) is 6.89. The van der Waals surface area contributed by atoms with Crippen molar-refractivity contribution in [3.05, 3.63) is 88.3 Å². The molecule has 8 nitrogen and oxygen atoms in total. The number of rotatable bonds is 5. The van der Waals surface area contributed by atoms with Crippen LogP contribution in [0.1, 0.15) is 43.0 Å². The standard InChI is InChI=1S/C31H33F2N5O3/c1-30(2)25(34-3)13-24(18-9-20(32)12-21(33)10-18)38(29(30)41)16-26(39)36-22-7-6-17-14-31(15-19(17)11-22)23-5-4-8-35-27(23)37-28(31)40/h4-7,9-12,24-25,34-35H,8,13-16H2,1-3H3,(H,36,39)(H,37,40)/t24-,25-,31+/m0/s1. The lowest BCUT2D eigenvalue weighted by atomic mass is 9.74. The van der Waals surface area contributed by atoms with E-state index in [-0.39, 0.29) is 24.4 Å². The SMILES string of the molecule is CN[C@H]1C[C@@H](c2cc(F)cc(F)c2)N(CC(=O)Nc2ccc3c(c2)C[C@@]2(C3)C(=O)NC3=C2C=CCN3)C(=O)C1(C)C. The minimum atomic E-state index is -0.836. The van der Waals surface area contributed by atoms with Crippen LogP contribution in [0.5, 0.6) is 0 Å². The molecule has 1 aliphatic carbocycles. The summed E-state index contributed by atoms with van der Waals surface area (Å²) in [6.07, 6.45) is 5.48. The smallest absolute Gasteiger partial charge is 0.244 e. The molecule has 0 saturated carbocycles. The van der Waals surface area contributed by atoms with Crippen molar-refractivity contribution < 1.29 is 23.2 Å². The number of fused-ring (bicyclic) bond motifs is 2. The molecule has 2 aromatic carbocycles. The molecule has 3 aliphatic heterocycles. The van der Waals surface area contributed by atoms with Gasteiger partial charge in [-0.2, -0.15) is 0 Å². The maximum Gasteiger partial charge on any atom is 0.244 e. The summed E-state index contributed by atoms with van der Waals surface area (Å²) in [4.78, 5) is 41.5. The summed E-state index contributed by atoms with van der Waals surface area (Å²) in [6.45, 7) is 3.99. The Labute approximate surface area is 237 Å². The van der Waals surface area contributed by atoms with Gasteiger partial charge in [0, 0.05) is 29.9 Å². The first-order valence-corrected chi connectivity index (χ1v) is 13.8. The van der Waals surface area contributed by atoms with Crippen LogP contribution in [0.2, 0.25) is 0 Å². The van der Waals surface area contributed by atoms with Crippen LogP contribution in [0.3, 0.4) is 0 Å². The summed E-state index contributed by atoms with van der Waals surface area (Å²) >= 11 is 0. The van der Waals surface area contributed by atoms with Crippen LogP contribution in [0, 0.1) is 22.5 Å². The zero-order valence-corrected chi connectivity index (χ0v) is 23.2. The Morgan fingerprint density at radius 2 is 1.80 bits per heavy atom. The number of piperidine rings is 1. The largest absolute Gasteiger partial charge is 0.368 e. The number of benzene rings is 2. The van der Waals surface area contributed by atoms with E-state index in [4.69, 9.17) is 0 Å². The minimum absolute atomic E-state index is 0.0331. The van der Waals surface area contributed by atoms with Crippen LogP contribution < -0.4 is 21.3 Å². The Bertz CT molecular complexity index is 1510. The number of likely N-dealkylation sites (tertiary alicyclic amines) is 1. The Kier molecular flexibility index (Phi) is 6.48. The number of hydrogen-bond acceptors (Lipinski definition) is 5. The summed E-state index contributed by atoms with van der Waals surface area (Å²) in [5.74, 6) is -1.45. The van der Waals surface area contributed by atoms with Crippen LogP contribution in [0.25, 0.3) is 0 Å². The number of hydrogen-bond donors (Lipinski definition) is 4. The van der Waals surface area contributed by atoms with Gasteiger partial charge < -0.3 is 26.2 Å². The molecule has 214 valence electrons. The van der Waals surface area contributed by atoms with Gasteiger partial charge >= 0.3 is 0 Å². The molecule has 1 spiro atoms. The first-order valence-electron chi connectivity index (χ1n) is 13.8. The van der Waals surface area contributed by atoms with Gasteiger partial charge in [-0.1, -0.05) is 18.2 Å². The van der Waals surface area contributed by atoms with Crippen LogP contribution in [0.4, 0.5) is 14.5 Å². The van der Waals surface area contributed by atoms with Crippen molar-refractivity contribution >= 4 is 23.4 Å². The summed E-state index contributed by atoms with van der Waals surface area (Å²) in [5, 5.41) is 12.3. The maximum absolute atomic E-state index is 14.2. The number of carbonyl (C=O) groups is 3. The Morgan fingerprint density at radius 1 is 1.07 bits per heavy atom. The first kappa shape index (κ1) is 27.1. The normalized spacial score (nSPS) is 26.1. The monoisotopic (exact) mass is 561 g/mol. The summed E-state index contributed by atoms with van der Waals surface area (Å²) in [5.41, 5.74) is 2.33. The quantitative estimate of drug-likeness (QED) is 0.450. The van der Waals surface area contributed by atoms with Gasteiger partial charge in [0.1, 0.15) is 24.0 Å². The lowest BCUT2D eigenvalue weighted by molar-refractivity contribution is -0.152. The van der Waals surface area contributed by atoms with Crippen LogP contribution in [-0.2, 0) is 27.2 Å². The van der Waals surface area contributed by atoms with E-state index in [0.717, 1.165) is 28.6 Å². The van der Waals surface area contributed by atoms with Crippen molar-refractivity contribution in [2.45, 2.75) is 45.2 Å². The molecule has 1 saturated heterocycles. The first-order chi connectivity index (χ1) is 19.5. The third kappa shape index (κ3) is 4.50. The van der Waals surface area contributed by atoms with E-state index in [9.17, 15) is 23.2 Å². The lowest BCUT2D eigenvalue weighted by Crippen LogP contribution is -2.59. The second kappa shape index (κ2) is 9.80. The molecular weight excluding hydrogens is 528 g/mol. The topological polar surface area (TPSA) is 103 Å². The number of carbonyl (C=O) groups excluding carboxylic acids is 3. The van der Waals surface area contributed by atoms with Gasteiger partial charge in [-0.25, -0.2) is 8.78 Å². The van der Waals surface area contributed by atoms with E-state index in [1.54, 1.807) is 27.0 Å². The highest BCUT2D eigenvalue weighted by Gasteiger charge is 2.52. The zero-order valence-electron chi connectivity index (χ0n) is 23.2. The summed E-state index contributed by atoms with van der Waals surface area (Å²) < 4.78 is 28.3. The number of nitrogens with one attached hydrogen (secondary N) is 4. The molecule has 3 atom stereocenters. The predicted octanol–water partition coefficient (Wildman–Crippen LogP) is 3.08. The van der Waals surface area contributed by atoms with Gasteiger partial charge in [0.2, 0.25) is 17.7 Å². The summed E-state index contributed by atoms with van der Waals surface area (Å²) in [6, 6.07) is 7.87. The van der Waals surface area contributed by atoms with E-state index in [2.05, 4.69) is 21.3 Å². The van der Waals surface area contributed by atoms with Crippen LogP contribution in [0.15, 0.2) is 59.9 Å². The highest BCUT2D eigenvalue weighted by atomic mass is 19.1. The third-order valence-electron chi connectivity index (χ3n) is 9.06. The Balaban J connectivity index is 1.23. The molecule has 4 N–H and O–H groups in total. The molecular formula is C31H33F2N5O3. The molecule has 1 fully saturated rings. The molecule has 3 amide bonds. The van der Waals surface area contributed by atoms with Crippen molar-refractivity contribution in [1.29, 1.82) is 0 Å². The molecule has 41 heavy (non-hydrogen) atoms. The van der Waals surface area contributed by atoms with Gasteiger partial charge in [0.25, 0.3) is 0 Å². The average molecular weight is 562 g/mol. The number of amides is 3. The molecule has 0 unspecified atom stereocenters.